The van der Waals surface area contributed by atoms with Gasteiger partial charge >= 0.3 is 0 Å². The Hall–Kier alpha value is -1.35. The van der Waals surface area contributed by atoms with Gasteiger partial charge in [-0.15, -0.1) is 0 Å². The molecule has 0 aliphatic rings. The largest absolute Gasteiger partial charge is 0.544 e. The first-order valence-corrected chi connectivity index (χ1v) is 4.28. The summed E-state index contributed by atoms with van der Waals surface area (Å²) < 4.78 is 0. The molecular formula is C10H13NO2. The topological polar surface area (TPSA) is 56.7 Å². The van der Waals surface area contributed by atoms with E-state index in [4.69, 9.17) is 0 Å². The molecule has 0 aliphatic heterocycles. The number of rotatable bonds is 4. The zero-order valence-corrected chi connectivity index (χ0v) is 7.57. The molecule has 1 aromatic carbocycles. The van der Waals surface area contributed by atoms with Crippen LogP contribution in [0, 0.1) is 0 Å². The predicted octanol–water partition coefficient (Wildman–Crippen LogP) is -1.11. The lowest BCUT2D eigenvalue weighted by Gasteiger charge is -2.10. The van der Waals surface area contributed by atoms with Crippen LogP contribution in [0.25, 0.3) is 0 Å². The third-order valence-electron chi connectivity index (χ3n) is 1.92. The molecule has 2 N–H and O–H groups in total. The van der Waals surface area contributed by atoms with Crippen molar-refractivity contribution < 1.29 is 15.2 Å². The molecule has 0 amide bonds. The van der Waals surface area contributed by atoms with Gasteiger partial charge in [0.1, 0.15) is 12.6 Å². The standard InChI is InChI=1S/C10H13NO2/c1-8(10(12)13)11-7-9-5-3-2-4-6-9/h2-6,8,11H,7H2,1H3,(H,12,13)/t8-/m0/s1. The minimum Gasteiger partial charge on any atom is -0.544 e. The van der Waals surface area contributed by atoms with E-state index in [0.29, 0.717) is 6.54 Å². The first kappa shape index (κ1) is 9.74. The van der Waals surface area contributed by atoms with Crippen molar-refractivity contribution in [2.75, 3.05) is 0 Å². The fourth-order valence-electron chi connectivity index (χ4n) is 1.02. The molecule has 0 unspecified atom stereocenters. The summed E-state index contributed by atoms with van der Waals surface area (Å²) in [6.45, 7) is 2.30. The zero-order valence-electron chi connectivity index (χ0n) is 7.57. The summed E-state index contributed by atoms with van der Waals surface area (Å²) in [5.74, 6) is -1.02. The lowest BCUT2D eigenvalue weighted by Crippen LogP contribution is -2.90. The van der Waals surface area contributed by atoms with Crippen LogP contribution in [-0.2, 0) is 11.3 Å². The van der Waals surface area contributed by atoms with Crippen LogP contribution in [-0.4, -0.2) is 12.0 Å². The molecule has 0 saturated carbocycles. The summed E-state index contributed by atoms with van der Waals surface area (Å²) in [6.07, 6.45) is 0. The smallest absolute Gasteiger partial charge is 0.123 e. The summed E-state index contributed by atoms with van der Waals surface area (Å²) in [4.78, 5) is 10.4. The lowest BCUT2D eigenvalue weighted by molar-refractivity contribution is -0.695. The molecule has 3 heteroatoms. The molecule has 0 spiro atoms. The van der Waals surface area contributed by atoms with Crippen molar-refractivity contribution in [2.24, 2.45) is 0 Å². The average molecular weight is 179 g/mol. The Bertz CT molecular complexity index is 272. The van der Waals surface area contributed by atoms with Crippen molar-refractivity contribution in [1.82, 2.24) is 0 Å². The molecular weight excluding hydrogens is 166 g/mol. The lowest BCUT2D eigenvalue weighted by atomic mass is 10.2. The second-order valence-corrected chi connectivity index (χ2v) is 3.03. The molecule has 1 atom stereocenters. The van der Waals surface area contributed by atoms with Crippen molar-refractivity contribution in [3.63, 3.8) is 0 Å². The summed E-state index contributed by atoms with van der Waals surface area (Å²) in [5, 5.41) is 12.1. The second-order valence-electron chi connectivity index (χ2n) is 3.03. The minimum absolute atomic E-state index is 0.486. The van der Waals surface area contributed by atoms with Crippen molar-refractivity contribution in [2.45, 2.75) is 19.5 Å². The third-order valence-corrected chi connectivity index (χ3v) is 1.92. The Balaban J connectivity index is 2.39. The summed E-state index contributed by atoms with van der Waals surface area (Å²) >= 11 is 0. The van der Waals surface area contributed by atoms with Gasteiger partial charge in [-0.1, -0.05) is 30.3 Å². The number of benzene rings is 1. The van der Waals surface area contributed by atoms with Crippen molar-refractivity contribution in [3.8, 4) is 0 Å². The number of quaternary nitrogens is 1. The molecule has 0 aliphatic carbocycles. The Morgan fingerprint density at radius 3 is 2.62 bits per heavy atom. The van der Waals surface area contributed by atoms with Crippen LogP contribution in [0.15, 0.2) is 30.3 Å². The highest BCUT2D eigenvalue weighted by Gasteiger charge is 2.04. The maximum atomic E-state index is 10.4. The highest BCUT2D eigenvalue weighted by molar-refractivity contribution is 5.68. The molecule has 0 saturated heterocycles. The summed E-state index contributed by atoms with van der Waals surface area (Å²) in [7, 11) is 0. The summed E-state index contributed by atoms with van der Waals surface area (Å²) in [5.41, 5.74) is 1.12. The molecule has 13 heavy (non-hydrogen) atoms. The van der Waals surface area contributed by atoms with Crippen molar-refractivity contribution >= 4 is 5.97 Å². The first-order valence-electron chi connectivity index (χ1n) is 4.28. The normalized spacial score (nSPS) is 12.4. The van der Waals surface area contributed by atoms with Gasteiger partial charge < -0.3 is 15.2 Å². The van der Waals surface area contributed by atoms with Crippen LogP contribution in [0.3, 0.4) is 0 Å². The van der Waals surface area contributed by atoms with E-state index in [1.54, 1.807) is 12.2 Å². The maximum absolute atomic E-state index is 10.4. The summed E-state index contributed by atoms with van der Waals surface area (Å²) in [6, 6.07) is 9.27. The van der Waals surface area contributed by atoms with Gasteiger partial charge in [-0.05, 0) is 6.92 Å². The van der Waals surface area contributed by atoms with E-state index in [1.165, 1.54) is 0 Å². The highest BCUT2D eigenvalue weighted by Crippen LogP contribution is 1.94. The van der Waals surface area contributed by atoms with Crippen LogP contribution in [0.1, 0.15) is 12.5 Å². The van der Waals surface area contributed by atoms with Crippen LogP contribution in [0.4, 0.5) is 0 Å². The van der Waals surface area contributed by atoms with Gasteiger partial charge in [0, 0.05) is 5.56 Å². The second kappa shape index (κ2) is 4.62. The Kier molecular flexibility index (Phi) is 3.46. The van der Waals surface area contributed by atoms with E-state index in [9.17, 15) is 9.90 Å². The molecule has 1 rings (SSSR count). The number of nitrogens with two attached hydrogens (primary N) is 1. The molecule has 0 heterocycles. The van der Waals surface area contributed by atoms with Gasteiger partial charge in [0.15, 0.2) is 0 Å². The van der Waals surface area contributed by atoms with Crippen molar-refractivity contribution in [1.29, 1.82) is 0 Å². The number of hydrogen-bond donors (Lipinski definition) is 1. The van der Waals surface area contributed by atoms with E-state index in [-0.39, 0.29) is 0 Å². The van der Waals surface area contributed by atoms with E-state index in [0.717, 1.165) is 5.56 Å². The number of aliphatic carboxylic acids is 1. The van der Waals surface area contributed by atoms with Gasteiger partial charge in [-0.3, -0.25) is 0 Å². The zero-order chi connectivity index (χ0) is 9.68. The Labute approximate surface area is 77.4 Å². The molecule has 3 nitrogen and oxygen atoms in total. The quantitative estimate of drug-likeness (QED) is 0.637. The number of hydrogen-bond acceptors (Lipinski definition) is 2. The van der Waals surface area contributed by atoms with E-state index >= 15 is 0 Å². The van der Waals surface area contributed by atoms with Crippen LogP contribution < -0.4 is 10.4 Å². The number of carbonyl (C=O) groups is 1. The third kappa shape index (κ3) is 3.25. The monoisotopic (exact) mass is 179 g/mol. The van der Waals surface area contributed by atoms with E-state index < -0.39 is 12.0 Å². The van der Waals surface area contributed by atoms with Gasteiger partial charge in [-0.25, -0.2) is 0 Å². The Morgan fingerprint density at radius 2 is 2.08 bits per heavy atom. The highest BCUT2D eigenvalue weighted by atomic mass is 16.4. The molecule has 70 valence electrons. The minimum atomic E-state index is -1.02. The Morgan fingerprint density at radius 1 is 1.46 bits per heavy atom. The fraction of sp³-hybridized carbons (Fsp3) is 0.300. The predicted molar refractivity (Wildman–Crippen MR) is 46.5 cm³/mol. The fourth-order valence-corrected chi connectivity index (χ4v) is 1.02. The van der Waals surface area contributed by atoms with E-state index in [1.807, 2.05) is 30.3 Å². The molecule has 1 aromatic rings. The maximum Gasteiger partial charge on any atom is 0.123 e. The van der Waals surface area contributed by atoms with Crippen LogP contribution in [0.2, 0.25) is 0 Å². The molecule has 0 aromatic heterocycles. The van der Waals surface area contributed by atoms with Gasteiger partial charge in [0.05, 0.1) is 5.97 Å². The SMILES string of the molecule is C[C@H]([NH2+]Cc1ccccc1)C(=O)[O-]. The number of carboxylic acid groups (broad SMARTS) is 1. The van der Waals surface area contributed by atoms with Crippen LogP contribution >= 0.6 is 0 Å². The van der Waals surface area contributed by atoms with E-state index in [2.05, 4.69) is 0 Å². The van der Waals surface area contributed by atoms with Gasteiger partial charge in [0.2, 0.25) is 0 Å². The molecule has 0 fully saturated rings. The number of carbonyl (C=O) groups excluding carboxylic acids is 1. The molecule has 0 radical (unpaired) electrons. The van der Waals surface area contributed by atoms with Crippen LogP contribution in [0.5, 0.6) is 0 Å². The van der Waals surface area contributed by atoms with Gasteiger partial charge in [0.25, 0.3) is 0 Å². The van der Waals surface area contributed by atoms with Crippen molar-refractivity contribution in [3.05, 3.63) is 35.9 Å². The average Bonchev–Trinajstić information content (AvgIpc) is 2.15. The first-order chi connectivity index (χ1) is 6.20. The van der Waals surface area contributed by atoms with Gasteiger partial charge in [-0.2, -0.15) is 0 Å². The number of carboxylic acids is 1. The molecule has 0 bridgehead atoms.